The predicted molar refractivity (Wildman–Crippen MR) is 66.7 cm³/mol. The van der Waals surface area contributed by atoms with Gasteiger partial charge in [-0.1, -0.05) is 0 Å². The van der Waals surface area contributed by atoms with Gasteiger partial charge < -0.3 is 4.74 Å². The summed E-state index contributed by atoms with van der Waals surface area (Å²) in [5.41, 5.74) is 0. The third kappa shape index (κ3) is 1.37. The summed E-state index contributed by atoms with van der Waals surface area (Å²) in [7, 11) is 0. The van der Waals surface area contributed by atoms with Gasteiger partial charge in [-0.05, 0) is 27.7 Å². The molecule has 0 saturated carbocycles. The van der Waals surface area contributed by atoms with Crippen LogP contribution in [0.15, 0.2) is 0 Å². The molecule has 4 rings (SSSR count). The molecule has 4 unspecified atom stereocenters. The van der Waals surface area contributed by atoms with Crippen molar-refractivity contribution in [2.45, 2.75) is 58.6 Å². The Bertz CT molecular complexity index is 208. The monoisotopic (exact) mass is 248 g/mol. The highest BCUT2D eigenvalue weighted by Gasteiger charge is 2.65. The van der Waals surface area contributed by atoms with E-state index in [1.54, 1.807) is 0 Å². The van der Waals surface area contributed by atoms with E-state index >= 15 is 0 Å². The Morgan fingerprint density at radius 3 is 1.57 bits per heavy atom. The largest absolute Gasteiger partial charge is 0.348 e. The number of thioether (sulfide) groups is 3. The van der Waals surface area contributed by atoms with Crippen molar-refractivity contribution < 1.29 is 4.74 Å². The first kappa shape index (κ1) is 10.2. The summed E-state index contributed by atoms with van der Waals surface area (Å²) < 4.78 is 6.99. The maximum absolute atomic E-state index is 6.24. The van der Waals surface area contributed by atoms with Gasteiger partial charge in [0.25, 0.3) is 0 Å². The Kier molecular flexibility index (Phi) is 1.79. The highest BCUT2D eigenvalue weighted by molar-refractivity contribution is 8.28. The zero-order valence-electron chi connectivity index (χ0n) is 9.05. The van der Waals surface area contributed by atoms with E-state index < -0.39 is 0 Å². The lowest BCUT2D eigenvalue weighted by Crippen LogP contribution is -2.61. The molecule has 4 heteroatoms. The maximum atomic E-state index is 6.24. The molecule has 0 aliphatic carbocycles. The van der Waals surface area contributed by atoms with E-state index in [1.165, 1.54) is 12.8 Å². The SMILES string of the molecule is CC12CC3(C)SC(C)(CC(C)(S1)S3)O2. The molecule has 0 amide bonds. The molecule has 0 aromatic heterocycles. The summed E-state index contributed by atoms with van der Waals surface area (Å²) in [5, 5.41) is 0. The minimum absolute atomic E-state index is 0.0625. The van der Waals surface area contributed by atoms with Gasteiger partial charge in [0.1, 0.15) is 9.87 Å². The number of rotatable bonds is 0. The highest BCUT2D eigenvalue weighted by Crippen LogP contribution is 2.75. The van der Waals surface area contributed by atoms with Gasteiger partial charge in [0.2, 0.25) is 0 Å². The Balaban J connectivity index is 2.08. The molecular formula is C10H16OS3. The van der Waals surface area contributed by atoms with Crippen molar-refractivity contribution in [3.8, 4) is 0 Å². The van der Waals surface area contributed by atoms with Crippen molar-refractivity contribution in [2.75, 3.05) is 0 Å². The van der Waals surface area contributed by atoms with Crippen molar-refractivity contribution in [1.82, 2.24) is 0 Å². The maximum Gasteiger partial charge on any atom is 0.116 e. The van der Waals surface area contributed by atoms with Crippen molar-refractivity contribution in [2.24, 2.45) is 0 Å². The van der Waals surface area contributed by atoms with Crippen LogP contribution in [0.1, 0.15) is 40.5 Å². The Hall–Kier alpha value is 1.01. The number of hydrogen-bond acceptors (Lipinski definition) is 4. The topological polar surface area (TPSA) is 9.23 Å². The molecule has 14 heavy (non-hydrogen) atoms. The summed E-state index contributed by atoms with van der Waals surface area (Å²) in [6, 6.07) is 0. The smallest absolute Gasteiger partial charge is 0.116 e. The van der Waals surface area contributed by atoms with Crippen molar-refractivity contribution in [3.63, 3.8) is 0 Å². The first-order valence-corrected chi connectivity index (χ1v) is 7.50. The minimum Gasteiger partial charge on any atom is -0.348 e. The summed E-state index contributed by atoms with van der Waals surface area (Å²) in [6.45, 7) is 9.31. The third-order valence-electron chi connectivity index (χ3n) is 3.01. The lowest BCUT2D eigenvalue weighted by molar-refractivity contribution is -0.0698. The molecule has 0 N–H and O–H groups in total. The quantitative estimate of drug-likeness (QED) is 0.643. The van der Waals surface area contributed by atoms with Crippen LogP contribution >= 0.6 is 35.3 Å². The van der Waals surface area contributed by atoms with Crippen molar-refractivity contribution in [1.29, 1.82) is 0 Å². The van der Waals surface area contributed by atoms with Gasteiger partial charge in [0.15, 0.2) is 0 Å². The van der Waals surface area contributed by atoms with Crippen LogP contribution in [0.2, 0.25) is 0 Å². The molecule has 1 nitrogen and oxygen atoms in total. The second-order valence-electron chi connectivity index (χ2n) is 5.30. The van der Waals surface area contributed by atoms with Crippen LogP contribution in [0.4, 0.5) is 0 Å². The van der Waals surface area contributed by atoms with Gasteiger partial charge in [0.05, 0.1) is 8.16 Å². The Labute approximate surface area is 98.5 Å². The lowest BCUT2D eigenvalue weighted by Gasteiger charge is -2.65. The molecule has 0 aromatic carbocycles. The van der Waals surface area contributed by atoms with Crippen LogP contribution in [-0.4, -0.2) is 18.0 Å². The summed E-state index contributed by atoms with van der Waals surface area (Å²) in [5.74, 6) is 0. The standard InChI is InChI=1S/C10H16OS3/c1-7-5-9(3)13-8(2,11-7)6-10(4,12-7)14-9/h5-6H2,1-4H3. The molecule has 4 aliphatic rings. The van der Waals surface area contributed by atoms with E-state index in [4.69, 9.17) is 4.74 Å². The van der Waals surface area contributed by atoms with E-state index in [0.29, 0.717) is 8.16 Å². The molecule has 4 bridgehead atoms. The lowest BCUT2D eigenvalue weighted by atomic mass is 10.1. The summed E-state index contributed by atoms with van der Waals surface area (Å²) in [4.78, 5) is 0.125. The number of ether oxygens (including phenoxy) is 1. The predicted octanol–water partition coefficient (Wildman–Crippen LogP) is 3.89. The van der Waals surface area contributed by atoms with E-state index in [0.717, 1.165) is 0 Å². The summed E-state index contributed by atoms with van der Waals surface area (Å²) in [6.07, 6.45) is 2.34. The molecule has 4 saturated heterocycles. The molecule has 0 radical (unpaired) electrons. The van der Waals surface area contributed by atoms with Crippen LogP contribution < -0.4 is 0 Å². The van der Waals surface area contributed by atoms with Crippen molar-refractivity contribution in [3.05, 3.63) is 0 Å². The van der Waals surface area contributed by atoms with Crippen LogP contribution in [0.25, 0.3) is 0 Å². The van der Waals surface area contributed by atoms with E-state index in [1.807, 2.05) is 23.5 Å². The molecule has 0 spiro atoms. The Morgan fingerprint density at radius 2 is 1.21 bits per heavy atom. The van der Waals surface area contributed by atoms with Gasteiger partial charge in [-0.25, -0.2) is 0 Å². The van der Waals surface area contributed by atoms with Crippen molar-refractivity contribution >= 4 is 35.3 Å². The zero-order chi connectivity index (χ0) is 10.2. The molecule has 4 atom stereocenters. The van der Waals surface area contributed by atoms with Crippen LogP contribution in [0.3, 0.4) is 0 Å². The fraction of sp³-hybridized carbons (Fsp3) is 1.00. The van der Waals surface area contributed by atoms with Gasteiger partial charge in [-0.15, -0.1) is 35.3 Å². The average molecular weight is 248 g/mol. The fourth-order valence-electron chi connectivity index (χ4n) is 3.37. The normalized spacial score (nSPS) is 66.0. The average Bonchev–Trinajstić information content (AvgIpc) is 1.67. The van der Waals surface area contributed by atoms with E-state index in [9.17, 15) is 0 Å². The van der Waals surface area contributed by atoms with E-state index in [2.05, 4.69) is 39.5 Å². The van der Waals surface area contributed by atoms with Crippen LogP contribution in [0.5, 0.6) is 0 Å². The first-order chi connectivity index (χ1) is 6.24. The van der Waals surface area contributed by atoms with Gasteiger partial charge in [0, 0.05) is 12.8 Å². The second-order valence-corrected chi connectivity index (χ2v) is 11.8. The van der Waals surface area contributed by atoms with Crippen LogP contribution in [-0.2, 0) is 4.74 Å². The zero-order valence-corrected chi connectivity index (χ0v) is 11.5. The number of hydrogen-bond donors (Lipinski definition) is 0. The second kappa shape index (κ2) is 2.47. The third-order valence-corrected chi connectivity index (χ3v) is 7.64. The van der Waals surface area contributed by atoms with Gasteiger partial charge in [-0.3, -0.25) is 0 Å². The summed E-state index contributed by atoms with van der Waals surface area (Å²) >= 11 is 6.23. The minimum atomic E-state index is 0.0625. The molecule has 4 heterocycles. The molecule has 0 aromatic rings. The van der Waals surface area contributed by atoms with Gasteiger partial charge in [-0.2, -0.15) is 0 Å². The van der Waals surface area contributed by atoms with Crippen LogP contribution in [0, 0.1) is 0 Å². The highest BCUT2D eigenvalue weighted by atomic mass is 32.2. The van der Waals surface area contributed by atoms with Gasteiger partial charge >= 0.3 is 0 Å². The molecule has 4 fully saturated rings. The fourth-order valence-corrected chi connectivity index (χ4v) is 11.7. The molecule has 80 valence electrons. The first-order valence-electron chi connectivity index (χ1n) is 5.05. The molecular weight excluding hydrogens is 232 g/mol. The van der Waals surface area contributed by atoms with E-state index in [-0.39, 0.29) is 9.87 Å². The Morgan fingerprint density at radius 1 is 0.786 bits per heavy atom. The molecule has 4 aliphatic heterocycles.